The Bertz CT molecular complexity index is 1270. The number of pyridine rings is 1. The van der Waals surface area contributed by atoms with Gasteiger partial charge in [0.2, 0.25) is 10.0 Å². The number of carbonyl (C=O) groups is 1. The van der Waals surface area contributed by atoms with Crippen LogP contribution in [0, 0.1) is 0 Å². The first-order valence-electron chi connectivity index (χ1n) is 12.3. The summed E-state index contributed by atoms with van der Waals surface area (Å²) in [6.45, 7) is 1.21. The van der Waals surface area contributed by atoms with Crippen LogP contribution in [0.2, 0.25) is 0 Å². The number of rotatable bonds is 10. The van der Waals surface area contributed by atoms with E-state index >= 15 is 0 Å². The fraction of sp³-hybridized carbons (Fsp3) is 0.357. The molecule has 1 atom stereocenters. The van der Waals surface area contributed by atoms with Crippen LogP contribution in [0.5, 0.6) is 0 Å². The Morgan fingerprint density at radius 2 is 1.81 bits per heavy atom. The quantitative estimate of drug-likeness (QED) is 0.359. The Labute approximate surface area is 213 Å². The van der Waals surface area contributed by atoms with E-state index in [-0.39, 0.29) is 5.92 Å². The molecule has 1 aliphatic rings. The third kappa shape index (κ3) is 7.00. The van der Waals surface area contributed by atoms with E-state index in [9.17, 15) is 18.3 Å². The van der Waals surface area contributed by atoms with Crippen LogP contribution in [0.1, 0.15) is 64.8 Å². The molecule has 8 heteroatoms. The standard InChI is InChI=1S/C28H33N3O4S/c1-36(34,35)31-28(33)25-13-12-23(17-26(25)22-5-2-3-6-22)21-10-8-20(9-11-21)14-16-30-19-27(32)24-7-4-15-29-18-24/h4,7-13,15,17-18,22,27,30,32H,2-3,5-6,14,16,19H2,1H3,(H,31,33)/t27-/m0/s1. The number of aliphatic hydroxyl groups excluding tert-OH is 1. The second-order valence-electron chi connectivity index (χ2n) is 9.44. The third-order valence-electron chi connectivity index (χ3n) is 6.65. The zero-order valence-electron chi connectivity index (χ0n) is 20.5. The molecule has 0 aliphatic heterocycles. The zero-order valence-corrected chi connectivity index (χ0v) is 21.3. The maximum Gasteiger partial charge on any atom is 0.265 e. The highest BCUT2D eigenvalue weighted by atomic mass is 32.2. The molecule has 0 saturated heterocycles. The Morgan fingerprint density at radius 1 is 1.08 bits per heavy atom. The lowest BCUT2D eigenvalue weighted by Crippen LogP contribution is -2.30. The molecule has 2 aromatic carbocycles. The number of amides is 1. The number of nitrogens with zero attached hydrogens (tertiary/aromatic N) is 1. The fourth-order valence-corrected chi connectivity index (χ4v) is 5.22. The summed E-state index contributed by atoms with van der Waals surface area (Å²) in [7, 11) is -3.63. The van der Waals surface area contributed by atoms with E-state index in [1.165, 1.54) is 5.56 Å². The van der Waals surface area contributed by atoms with Gasteiger partial charge in [-0.15, -0.1) is 0 Å². The topological polar surface area (TPSA) is 108 Å². The Kier molecular flexibility index (Phi) is 8.51. The van der Waals surface area contributed by atoms with Gasteiger partial charge in [0.1, 0.15) is 0 Å². The van der Waals surface area contributed by atoms with Crippen molar-refractivity contribution in [3.63, 3.8) is 0 Å². The highest BCUT2D eigenvalue weighted by molar-refractivity contribution is 7.89. The number of hydrogen-bond acceptors (Lipinski definition) is 6. The molecule has 1 aromatic heterocycles. The first-order valence-corrected chi connectivity index (χ1v) is 14.2. The fourth-order valence-electron chi connectivity index (χ4n) is 4.77. The number of nitrogens with one attached hydrogen (secondary N) is 2. The first-order chi connectivity index (χ1) is 17.3. The predicted molar refractivity (Wildman–Crippen MR) is 141 cm³/mol. The van der Waals surface area contributed by atoms with E-state index < -0.39 is 22.0 Å². The average Bonchev–Trinajstić information content (AvgIpc) is 3.41. The van der Waals surface area contributed by atoms with E-state index in [1.807, 2.05) is 24.3 Å². The molecule has 3 aromatic rings. The van der Waals surface area contributed by atoms with Crippen LogP contribution in [0.4, 0.5) is 0 Å². The molecule has 0 bridgehead atoms. The van der Waals surface area contributed by atoms with E-state index in [4.69, 9.17) is 0 Å². The van der Waals surface area contributed by atoms with Crippen molar-refractivity contribution in [1.29, 1.82) is 0 Å². The van der Waals surface area contributed by atoms with E-state index in [2.05, 4.69) is 39.3 Å². The van der Waals surface area contributed by atoms with E-state index in [1.54, 1.807) is 18.5 Å². The molecule has 1 fully saturated rings. The van der Waals surface area contributed by atoms with Gasteiger partial charge in [-0.05, 0) is 66.1 Å². The minimum absolute atomic E-state index is 0.262. The molecule has 0 unspecified atom stereocenters. The molecule has 36 heavy (non-hydrogen) atoms. The molecule has 0 spiro atoms. The molecule has 4 rings (SSSR count). The van der Waals surface area contributed by atoms with Crippen LogP contribution in [0.25, 0.3) is 11.1 Å². The highest BCUT2D eigenvalue weighted by Gasteiger charge is 2.24. The van der Waals surface area contributed by atoms with Gasteiger partial charge < -0.3 is 10.4 Å². The molecule has 1 aliphatic carbocycles. The van der Waals surface area contributed by atoms with Gasteiger partial charge >= 0.3 is 0 Å². The van der Waals surface area contributed by atoms with Gasteiger partial charge in [-0.1, -0.05) is 55.3 Å². The average molecular weight is 508 g/mol. The van der Waals surface area contributed by atoms with Crippen molar-refractivity contribution < 1.29 is 18.3 Å². The van der Waals surface area contributed by atoms with Gasteiger partial charge in [0, 0.05) is 30.1 Å². The minimum Gasteiger partial charge on any atom is -0.387 e. The number of aromatic nitrogens is 1. The lowest BCUT2D eigenvalue weighted by atomic mass is 9.89. The molecular weight excluding hydrogens is 474 g/mol. The maximum absolute atomic E-state index is 12.7. The van der Waals surface area contributed by atoms with Crippen molar-refractivity contribution >= 4 is 15.9 Å². The van der Waals surface area contributed by atoms with Gasteiger partial charge in [0.25, 0.3) is 5.91 Å². The summed E-state index contributed by atoms with van der Waals surface area (Å²) in [4.78, 5) is 16.7. The lowest BCUT2D eigenvalue weighted by molar-refractivity contribution is 0.0980. The summed E-state index contributed by atoms with van der Waals surface area (Å²) in [5.74, 6) is -0.305. The number of hydrogen-bond donors (Lipinski definition) is 3. The van der Waals surface area contributed by atoms with Crippen LogP contribution in [-0.2, 0) is 16.4 Å². The van der Waals surface area contributed by atoms with Gasteiger partial charge in [0.15, 0.2) is 0 Å². The summed E-state index contributed by atoms with van der Waals surface area (Å²) in [6.07, 6.45) is 8.84. The van der Waals surface area contributed by atoms with Crippen LogP contribution in [0.15, 0.2) is 67.0 Å². The molecule has 1 saturated carbocycles. The lowest BCUT2D eigenvalue weighted by Gasteiger charge is -2.17. The normalized spacial score (nSPS) is 15.1. The van der Waals surface area contributed by atoms with Crippen molar-refractivity contribution in [2.75, 3.05) is 19.3 Å². The molecule has 3 N–H and O–H groups in total. The van der Waals surface area contributed by atoms with Gasteiger partial charge in [-0.2, -0.15) is 0 Å². The number of carbonyl (C=O) groups excluding carboxylic acids is 1. The molecule has 190 valence electrons. The Balaban J connectivity index is 1.41. The monoisotopic (exact) mass is 507 g/mol. The van der Waals surface area contributed by atoms with Gasteiger partial charge in [-0.3, -0.25) is 9.78 Å². The molecule has 1 heterocycles. The largest absolute Gasteiger partial charge is 0.387 e. The van der Waals surface area contributed by atoms with Crippen LogP contribution >= 0.6 is 0 Å². The summed E-state index contributed by atoms with van der Waals surface area (Å²) < 4.78 is 25.3. The van der Waals surface area contributed by atoms with Crippen molar-refractivity contribution in [3.8, 4) is 11.1 Å². The summed E-state index contributed by atoms with van der Waals surface area (Å²) in [5.41, 5.74) is 5.40. The molecular formula is C28H33N3O4S. The predicted octanol–water partition coefficient (Wildman–Crippen LogP) is 3.96. The molecule has 7 nitrogen and oxygen atoms in total. The first kappa shape index (κ1) is 26.0. The van der Waals surface area contributed by atoms with Crippen molar-refractivity contribution in [2.24, 2.45) is 0 Å². The van der Waals surface area contributed by atoms with Crippen molar-refractivity contribution in [1.82, 2.24) is 15.0 Å². The third-order valence-corrected chi connectivity index (χ3v) is 7.21. The smallest absolute Gasteiger partial charge is 0.265 e. The van der Waals surface area contributed by atoms with Crippen molar-refractivity contribution in [3.05, 3.63) is 89.2 Å². The molecule has 1 amide bonds. The Hall–Kier alpha value is -3.07. The van der Waals surface area contributed by atoms with E-state index in [0.29, 0.717) is 12.1 Å². The summed E-state index contributed by atoms with van der Waals surface area (Å²) >= 11 is 0. The SMILES string of the molecule is CS(=O)(=O)NC(=O)c1ccc(-c2ccc(CCNC[C@H](O)c3cccnc3)cc2)cc1C1CCCC1. The van der Waals surface area contributed by atoms with Crippen LogP contribution in [0.3, 0.4) is 0 Å². The Morgan fingerprint density at radius 3 is 2.47 bits per heavy atom. The van der Waals surface area contributed by atoms with Gasteiger partial charge in [0.05, 0.1) is 12.4 Å². The summed E-state index contributed by atoms with van der Waals surface area (Å²) in [6, 6.07) is 17.7. The highest BCUT2D eigenvalue weighted by Crippen LogP contribution is 2.38. The number of sulfonamides is 1. The van der Waals surface area contributed by atoms with Crippen LogP contribution in [-0.4, -0.2) is 43.8 Å². The van der Waals surface area contributed by atoms with Crippen molar-refractivity contribution in [2.45, 2.75) is 44.1 Å². The van der Waals surface area contributed by atoms with Crippen LogP contribution < -0.4 is 10.0 Å². The number of aliphatic hydroxyl groups is 1. The summed E-state index contributed by atoms with van der Waals surface area (Å²) in [5, 5.41) is 13.5. The molecule has 0 radical (unpaired) electrons. The van der Waals surface area contributed by atoms with E-state index in [0.717, 1.165) is 67.2 Å². The number of benzene rings is 2. The second-order valence-corrected chi connectivity index (χ2v) is 11.2. The maximum atomic E-state index is 12.7. The van der Waals surface area contributed by atoms with Gasteiger partial charge in [-0.25, -0.2) is 13.1 Å². The minimum atomic E-state index is -3.63. The zero-order chi connectivity index (χ0) is 25.5. The second kappa shape index (κ2) is 11.8.